The minimum absolute atomic E-state index is 0.0467. The average molecular weight is 412 g/mol. The van der Waals surface area contributed by atoms with Gasteiger partial charge < -0.3 is 14.5 Å². The van der Waals surface area contributed by atoms with E-state index in [-0.39, 0.29) is 17.7 Å². The lowest BCUT2D eigenvalue weighted by molar-refractivity contribution is -0.128. The first-order valence-corrected chi connectivity index (χ1v) is 10.6. The molecular weight excluding hydrogens is 384 g/mol. The second-order valence-electron chi connectivity index (χ2n) is 7.98. The summed E-state index contributed by atoms with van der Waals surface area (Å²) in [6.45, 7) is 6.02. The van der Waals surface area contributed by atoms with Gasteiger partial charge in [0, 0.05) is 63.7 Å². The number of likely N-dealkylation sites (tertiary alicyclic amines) is 2. The molecule has 0 spiro atoms. The van der Waals surface area contributed by atoms with Crippen LogP contribution in [-0.2, 0) is 11.3 Å². The van der Waals surface area contributed by atoms with Crippen LogP contribution in [0.5, 0.6) is 6.01 Å². The fourth-order valence-corrected chi connectivity index (χ4v) is 4.25. The number of piperidine rings is 1. The van der Waals surface area contributed by atoms with E-state index in [1.165, 1.54) is 0 Å². The van der Waals surface area contributed by atoms with Gasteiger partial charge in [-0.25, -0.2) is 9.97 Å². The minimum Gasteiger partial charge on any atom is -0.463 e. The van der Waals surface area contributed by atoms with Crippen molar-refractivity contribution < 1.29 is 14.3 Å². The van der Waals surface area contributed by atoms with Gasteiger partial charge in [-0.05, 0) is 37.8 Å². The third kappa shape index (κ3) is 4.60. The Balaban J connectivity index is 1.23. The van der Waals surface area contributed by atoms with Crippen LogP contribution in [-0.4, -0.2) is 74.1 Å². The predicted molar refractivity (Wildman–Crippen MR) is 109 cm³/mol. The Labute approximate surface area is 176 Å². The maximum Gasteiger partial charge on any atom is 0.316 e. The molecule has 30 heavy (non-hydrogen) atoms. The van der Waals surface area contributed by atoms with Crippen LogP contribution in [0.25, 0.3) is 0 Å². The fourth-order valence-electron chi connectivity index (χ4n) is 4.25. The van der Waals surface area contributed by atoms with Crippen LogP contribution in [0.3, 0.4) is 0 Å². The molecule has 2 aromatic heterocycles. The maximum absolute atomic E-state index is 12.8. The summed E-state index contributed by atoms with van der Waals surface area (Å²) in [7, 11) is 0. The molecule has 1 atom stereocenters. The number of aryl methyl sites for hydroxylation is 1. The van der Waals surface area contributed by atoms with Crippen LogP contribution in [0, 0.1) is 11.8 Å². The highest BCUT2D eigenvalue weighted by Gasteiger charge is 2.33. The number of hydrogen-bond acceptors (Lipinski definition) is 6. The summed E-state index contributed by atoms with van der Waals surface area (Å²) in [5.74, 6) is 0.817. The van der Waals surface area contributed by atoms with Crippen molar-refractivity contribution in [1.29, 1.82) is 0 Å². The highest BCUT2D eigenvalue weighted by atomic mass is 16.5. The molecule has 2 saturated heterocycles. The molecule has 0 bridgehead atoms. The Kier molecular flexibility index (Phi) is 6.25. The van der Waals surface area contributed by atoms with Gasteiger partial charge in [-0.15, -0.1) is 0 Å². The second kappa shape index (κ2) is 9.23. The molecule has 2 fully saturated rings. The topological polar surface area (TPSA) is 93.5 Å². The molecule has 2 aliphatic rings. The van der Waals surface area contributed by atoms with Crippen molar-refractivity contribution >= 4 is 11.8 Å². The first-order valence-electron chi connectivity index (χ1n) is 10.6. The molecule has 0 N–H and O–H groups in total. The summed E-state index contributed by atoms with van der Waals surface area (Å²) in [4.78, 5) is 37.1. The van der Waals surface area contributed by atoms with Gasteiger partial charge in [0.15, 0.2) is 0 Å². The van der Waals surface area contributed by atoms with Crippen molar-refractivity contribution in [3.8, 4) is 6.01 Å². The molecule has 2 amide bonds. The number of amides is 2. The number of carbonyl (C=O) groups excluding carboxylic acids is 2. The third-order valence-corrected chi connectivity index (χ3v) is 5.90. The first-order chi connectivity index (χ1) is 14.6. The summed E-state index contributed by atoms with van der Waals surface area (Å²) >= 11 is 0. The summed E-state index contributed by atoms with van der Waals surface area (Å²) in [5, 5.41) is 4.19. The van der Waals surface area contributed by atoms with E-state index in [0.29, 0.717) is 43.7 Å². The molecule has 160 valence electrons. The van der Waals surface area contributed by atoms with Crippen molar-refractivity contribution in [2.24, 2.45) is 11.8 Å². The lowest BCUT2D eigenvalue weighted by Crippen LogP contribution is -2.42. The van der Waals surface area contributed by atoms with Gasteiger partial charge >= 0.3 is 6.01 Å². The van der Waals surface area contributed by atoms with Gasteiger partial charge in [0.05, 0.1) is 6.61 Å². The van der Waals surface area contributed by atoms with Crippen LogP contribution in [0.15, 0.2) is 30.7 Å². The van der Waals surface area contributed by atoms with Crippen LogP contribution in [0.1, 0.15) is 36.7 Å². The summed E-state index contributed by atoms with van der Waals surface area (Å²) in [5.41, 5.74) is 0.649. The van der Waals surface area contributed by atoms with Crippen LogP contribution < -0.4 is 4.74 Å². The van der Waals surface area contributed by atoms with E-state index in [9.17, 15) is 9.59 Å². The Morgan fingerprint density at radius 3 is 2.67 bits per heavy atom. The molecule has 4 heterocycles. The summed E-state index contributed by atoms with van der Waals surface area (Å²) in [6.07, 6.45) is 7.28. The van der Waals surface area contributed by atoms with Crippen molar-refractivity contribution in [3.05, 3.63) is 36.4 Å². The molecular formula is C21H28N6O3. The van der Waals surface area contributed by atoms with Crippen molar-refractivity contribution in [2.75, 3.05) is 32.8 Å². The molecule has 0 radical (unpaired) electrons. The second-order valence-corrected chi connectivity index (χ2v) is 7.98. The smallest absolute Gasteiger partial charge is 0.316 e. The van der Waals surface area contributed by atoms with Crippen molar-refractivity contribution in [1.82, 2.24) is 29.5 Å². The maximum atomic E-state index is 12.8. The molecule has 0 aromatic carbocycles. The number of nitrogens with zero attached hydrogens (tertiary/aromatic N) is 6. The SMILES string of the molecule is CCn1nccc1C(=O)N1CCC(CN2CC(COc3ncccn3)CC2=O)CC1. The molecule has 2 aromatic rings. The van der Waals surface area contributed by atoms with Gasteiger partial charge in [-0.1, -0.05) is 0 Å². The largest absolute Gasteiger partial charge is 0.463 e. The Morgan fingerprint density at radius 1 is 1.17 bits per heavy atom. The molecule has 9 nitrogen and oxygen atoms in total. The standard InChI is InChI=1S/C21H28N6O3/c1-2-27-18(4-9-24-27)20(29)25-10-5-16(6-11-25)13-26-14-17(12-19(26)28)15-30-21-22-7-3-8-23-21/h3-4,7-9,16-17H,2,5-6,10-15H2,1H3. The molecule has 4 rings (SSSR count). The highest BCUT2D eigenvalue weighted by Crippen LogP contribution is 2.25. The Hall–Kier alpha value is -2.97. The number of rotatable bonds is 7. The van der Waals surface area contributed by atoms with Crippen LogP contribution >= 0.6 is 0 Å². The van der Waals surface area contributed by atoms with E-state index >= 15 is 0 Å². The lowest BCUT2D eigenvalue weighted by atomic mass is 9.96. The summed E-state index contributed by atoms with van der Waals surface area (Å²) < 4.78 is 7.35. The van der Waals surface area contributed by atoms with Crippen LogP contribution in [0.4, 0.5) is 0 Å². The van der Waals surface area contributed by atoms with E-state index in [0.717, 1.165) is 32.5 Å². The Morgan fingerprint density at radius 2 is 1.93 bits per heavy atom. The zero-order valence-electron chi connectivity index (χ0n) is 17.3. The fraction of sp³-hybridized carbons (Fsp3) is 0.571. The molecule has 0 aliphatic carbocycles. The summed E-state index contributed by atoms with van der Waals surface area (Å²) in [6, 6.07) is 3.87. The molecule has 1 unspecified atom stereocenters. The van der Waals surface area contributed by atoms with E-state index in [1.807, 2.05) is 16.7 Å². The van der Waals surface area contributed by atoms with Gasteiger partial charge in [-0.3, -0.25) is 14.3 Å². The molecule has 0 saturated carbocycles. The van der Waals surface area contributed by atoms with Gasteiger partial charge in [-0.2, -0.15) is 5.10 Å². The lowest BCUT2D eigenvalue weighted by Gasteiger charge is -2.34. The Bertz CT molecular complexity index is 863. The number of hydrogen-bond donors (Lipinski definition) is 0. The monoisotopic (exact) mass is 412 g/mol. The zero-order valence-corrected chi connectivity index (χ0v) is 17.3. The normalized spacial score (nSPS) is 20.0. The van der Waals surface area contributed by atoms with Crippen molar-refractivity contribution in [3.63, 3.8) is 0 Å². The highest BCUT2D eigenvalue weighted by molar-refractivity contribution is 5.92. The first kappa shape index (κ1) is 20.3. The van der Waals surface area contributed by atoms with E-state index in [4.69, 9.17) is 4.74 Å². The van der Waals surface area contributed by atoms with E-state index in [1.54, 1.807) is 35.4 Å². The number of ether oxygens (including phenoxy) is 1. The quantitative estimate of drug-likeness (QED) is 0.684. The third-order valence-electron chi connectivity index (χ3n) is 5.90. The van der Waals surface area contributed by atoms with E-state index < -0.39 is 0 Å². The van der Waals surface area contributed by atoms with Gasteiger partial charge in [0.1, 0.15) is 5.69 Å². The average Bonchev–Trinajstić information content (AvgIpc) is 3.39. The van der Waals surface area contributed by atoms with E-state index in [2.05, 4.69) is 15.1 Å². The van der Waals surface area contributed by atoms with Crippen molar-refractivity contribution in [2.45, 2.75) is 32.7 Å². The minimum atomic E-state index is 0.0467. The van der Waals surface area contributed by atoms with Crippen LogP contribution in [0.2, 0.25) is 0 Å². The van der Waals surface area contributed by atoms with Gasteiger partial charge in [0.25, 0.3) is 5.91 Å². The molecule has 2 aliphatic heterocycles. The molecule has 9 heteroatoms. The number of aromatic nitrogens is 4. The zero-order chi connectivity index (χ0) is 20.9. The predicted octanol–water partition coefficient (Wildman–Crippen LogP) is 1.47. The number of carbonyl (C=O) groups is 2. The van der Waals surface area contributed by atoms with Gasteiger partial charge in [0.2, 0.25) is 5.91 Å².